The van der Waals surface area contributed by atoms with Gasteiger partial charge in [0.2, 0.25) is 0 Å². The van der Waals surface area contributed by atoms with Crippen LogP contribution in [0.15, 0.2) is 53.6 Å². The van der Waals surface area contributed by atoms with Gasteiger partial charge in [-0.25, -0.2) is 9.97 Å². The fourth-order valence-corrected chi connectivity index (χ4v) is 3.76. The van der Waals surface area contributed by atoms with E-state index in [4.69, 9.17) is 10.5 Å². The number of hydrogen-bond donors (Lipinski definition) is 1. The van der Waals surface area contributed by atoms with Crippen LogP contribution in [-0.2, 0) is 19.1 Å². The van der Waals surface area contributed by atoms with Crippen LogP contribution in [-0.4, -0.2) is 25.9 Å². The molecule has 0 radical (unpaired) electrons. The average Bonchev–Trinajstić information content (AvgIpc) is 2.99. The van der Waals surface area contributed by atoms with Crippen molar-refractivity contribution in [1.29, 1.82) is 0 Å². The minimum Gasteiger partial charge on any atom is -0.434 e. The summed E-state index contributed by atoms with van der Waals surface area (Å²) in [5, 5.41) is 0.519. The van der Waals surface area contributed by atoms with E-state index < -0.39 is 12.2 Å². The highest BCUT2D eigenvalue weighted by Gasteiger charge is 2.19. The Kier molecular flexibility index (Phi) is 5.75. The quantitative estimate of drug-likeness (QED) is 0.478. The molecule has 0 aliphatic carbocycles. The third kappa shape index (κ3) is 4.49. The van der Waals surface area contributed by atoms with Gasteiger partial charge in [-0.2, -0.15) is 8.78 Å². The largest absolute Gasteiger partial charge is 0.434 e. The number of alkyl halides is 2. The number of rotatable bonds is 6. The van der Waals surface area contributed by atoms with Gasteiger partial charge in [-0.05, 0) is 44.5 Å². The van der Waals surface area contributed by atoms with E-state index in [2.05, 4.69) is 9.97 Å². The lowest BCUT2D eigenvalue weighted by atomic mass is 10.0. The number of aryl methyl sites for hydroxylation is 1. The van der Waals surface area contributed by atoms with Gasteiger partial charge in [0.15, 0.2) is 0 Å². The Bertz CT molecular complexity index is 1370. The third-order valence-electron chi connectivity index (χ3n) is 5.48. The molecule has 4 aromatic rings. The van der Waals surface area contributed by atoms with Crippen LogP contribution in [0.1, 0.15) is 30.8 Å². The first-order valence-electron chi connectivity index (χ1n) is 10.4. The van der Waals surface area contributed by atoms with Crippen LogP contribution >= 0.6 is 0 Å². The molecule has 0 spiro atoms. The molecule has 2 aromatic carbocycles. The molecule has 2 N–H and O–H groups in total. The fourth-order valence-electron chi connectivity index (χ4n) is 3.76. The van der Waals surface area contributed by atoms with E-state index in [1.165, 1.54) is 10.7 Å². The number of hydrogen-bond acceptors (Lipinski definition) is 5. The van der Waals surface area contributed by atoms with E-state index in [1.807, 2.05) is 32.9 Å². The van der Waals surface area contributed by atoms with Crippen molar-refractivity contribution >= 4 is 10.9 Å². The van der Waals surface area contributed by atoms with Gasteiger partial charge in [-0.3, -0.25) is 14.2 Å². The molecule has 9 heteroatoms. The molecule has 0 saturated carbocycles. The Morgan fingerprint density at radius 1 is 1.09 bits per heavy atom. The van der Waals surface area contributed by atoms with E-state index in [-0.39, 0.29) is 17.9 Å². The Balaban J connectivity index is 1.80. The van der Waals surface area contributed by atoms with E-state index >= 15 is 0 Å². The normalized spacial score (nSPS) is 12.0. The molecule has 0 saturated heterocycles. The van der Waals surface area contributed by atoms with Crippen molar-refractivity contribution in [2.45, 2.75) is 39.5 Å². The smallest absolute Gasteiger partial charge is 0.387 e. The van der Waals surface area contributed by atoms with Crippen LogP contribution < -0.4 is 16.0 Å². The van der Waals surface area contributed by atoms with Crippen LogP contribution in [0.4, 0.5) is 8.78 Å². The predicted octanol–water partition coefficient (Wildman–Crippen LogP) is 3.95. The maximum absolute atomic E-state index is 12.9. The van der Waals surface area contributed by atoms with Crippen molar-refractivity contribution in [3.05, 3.63) is 76.1 Å². The van der Waals surface area contributed by atoms with Crippen LogP contribution in [0.25, 0.3) is 22.0 Å². The van der Waals surface area contributed by atoms with Crippen molar-refractivity contribution in [1.82, 2.24) is 19.3 Å². The molecule has 0 bridgehead atoms. The lowest BCUT2D eigenvalue weighted by Crippen LogP contribution is -2.31. The number of fused-ring (bicyclic) bond motifs is 1. The van der Waals surface area contributed by atoms with Crippen molar-refractivity contribution in [3.8, 4) is 16.9 Å². The third-order valence-corrected chi connectivity index (χ3v) is 5.48. The summed E-state index contributed by atoms with van der Waals surface area (Å²) in [7, 11) is 1.65. The average molecular weight is 453 g/mol. The molecular formula is C24H25F2N5O2. The molecule has 7 nitrogen and oxygen atoms in total. The van der Waals surface area contributed by atoms with Crippen LogP contribution in [0.3, 0.4) is 0 Å². The first-order valence-corrected chi connectivity index (χ1v) is 10.4. The minimum atomic E-state index is -2.94. The molecule has 0 aliphatic rings. The second-order valence-electron chi connectivity index (χ2n) is 8.63. The van der Waals surface area contributed by atoms with Gasteiger partial charge < -0.3 is 10.5 Å². The van der Waals surface area contributed by atoms with Crippen molar-refractivity contribution in [2.24, 2.45) is 12.8 Å². The number of nitrogens with two attached hydrogens (primary N) is 1. The van der Waals surface area contributed by atoms with Gasteiger partial charge in [0.1, 0.15) is 11.6 Å². The maximum atomic E-state index is 12.9. The van der Waals surface area contributed by atoms with E-state index in [0.29, 0.717) is 22.3 Å². The molecule has 4 rings (SSSR count). The van der Waals surface area contributed by atoms with E-state index in [1.54, 1.807) is 42.3 Å². The van der Waals surface area contributed by atoms with Crippen LogP contribution in [0, 0.1) is 6.92 Å². The van der Waals surface area contributed by atoms with Gasteiger partial charge in [-0.15, -0.1) is 0 Å². The first kappa shape index (κ1) is 22.6. The topological polar surface area (TPSA) is 88.0 Å². The SMILES string of the molecule is Cc1ccc(OC(F)F)c(Cn2c3cc(-c4cnc(C(C)(C)N)nc4)ccc3c(=O)n2C)c1. The zero-order valence-corrected chi connectivity index (χ0v) is 18.8. The summed E-state index contributed by atoms with van der Waals surface area (Å²) in [5.41, 5.74) is 8.91. The molecule has 2 heterocycles. The first-order chi connectivity index (χ1) is 15.5. The number of ether oxygens (including phenoxy) is 1. The highest BCUT2D eigenvalue weighted by Crippen LogP contribution is 2.27. The zero-order valence-electron chi connectivity index (χ0n) is 18.8. The number of aromatic nitrogens is 4. The number of halogens is 2. The summed E-state index contributed by atoms with van der Waals surface area (Å²) in [4.78, 5) is 21.6. The van der Waals surface area contributed by atoms with Crippen molar-refractivity contribution in [3.63, 3.8) is 0 Å². The zero-order chi connectivity index (χ0) is 23.9. The molecule has 0 fully saturated rings. The Morgan fingerprint density at radius 2 is 1.79 bits per heavy atom. The van der Waals surface area contributed by atoms with Gasteiger partial charge in [0, 0.05) is 30.6 Å². The molecule has 0 unspecified atom stereocenters. The molecular weight excluding hydrogens is 428 g/mol. The second-order valence-corrected chi connectivity index (χ2v) is 8.63. The molecule has 172 valence electrons. The number of benzene rings is 2. The van der Waals surface area contributed by atoms with E-state index in [0.717, 1.165) is 16.7 Å². The molecule has 0 atom stereocenters. The number of nitrogens with zero attached hydrogens (tertiary/aromatic N) is 4. The Morgan fingerprint density at radius 3 is 2.42 bits per heavy atom. The van der Waals surface area contributed by atoms with Crippen LogP contribution in [0.5, 0.6) is 5.75 Å². The summed E-state index contributed by atoms with van der Waals surface area (Å²) >= 11 is 0. The summed E-state index contributed by atoms with van der Waals surface area (Å²) in [6.45, 7) is 2.76. The molecule has 2 aromatic heterocycles. The van der Waals surface area contributed by atoms with Gasteiger partial charge >= 0.3 is 6.61 Å². The van der Waals surface area contributed by atoms with Crippen LogP contribution in [0.2, 0.25) is 0 Å². The summed E-state index contributed by atoms with van der Waals surface area (Å²) < 4.78 is 33.7. The summed E-state index contributed by atoms with van der Waals surface area (Å²) in [5.74, 6) is 0.601. The van der Waals surface area contributed by atoms with Gasteiger partial charge in [0.25, 0.3) is 5.56 Å². The summed E-state index contributed by atoms with van der Waals surface area (Å²) in [6, 6.07) is 10.4. The highest BCUT2D eigenvalue weighted by molar-refractivity contribution is 5.84. The standard InChI is InChI=1S/C24H25F2N5O2/c1-14-5-8-20(33-23(25)26)16(9-14)13-31-19-10-15(6-7-18(19)21(32)30(31)4)17-11-28-22(29-12-17)24(2,3)27/h5-12,23H,13,27H2,1-4H3. The molecule has 0 aliphatic heterocycles. The Labute approximate surface area is 189 Å². The second kappa shape index (κ2) is 8.40. The fraction of sp³-hybridized carbons (Fsp3) is 0.292. The minimum absolute atomic E-state index is 0.0782. The van der Waals surface area contributed by atoms with Gasteiger partial charge in [-0.1, -0.05) is 23.8 Å². The Hall–Kier alpha value is -3.59. The van der Waals surface area contributed by atoms with Crippen molar-refractivity contribution in [2.75, 3.05) is 0 Å². The monoisotopic (exact) mass is 453 g/mol. The molecule has 33 heavy (non-hydrogen) atoms. The van der Waals surface area contributed by atoms with Crippen molar-refractivity contribution < 1.29 is 13.5 Å². The lowest BCUT2D eigenvalue weighted by molar-refractivity contribution is -0.0505. The highest BCUT2D eigenvalue weighted by atomic mass is 19.3. The predicted molar refractivity (Wildman–Crippen MR) is 122 cm³/mol. The van der Waals surface area contributed by atoms with Gasteiger partial charge in [0.05, 0.1) is 23.0 Å². The maximum Gasteiger partial charge on any atom is 0.387 e. The van der Waals surface area contributed by atoms with E-state index in [9.17, 15) is 13.6 Å². The summed E-state index contributed by atoms with van der Waals surface area (Å²) in [6.07, 6.45) is 3.39. The molecule has 0 amide bonds. The lowest BCUT2D eigenvalue weighted by Gasteiger charge is -2.16.